The van der Waals surface area contributed by atoms with E-state index in [9.17, 15) is 9.59 Å². The molecule has 4 heteroatoms. The van der Waals surface area contributed by atoms with Crippen molar-refractivity contribution in [1.82, 2.24) is 4.90 Å². The van der Waals surface area contributed by atoms with Gasteiger partial charge in [-0.3, -0.25) is 4.79 Å². The van der Waals surface area contributed by atoms with Crippen molar-refractivity contribution in [2.45, 2.75) is 31.4 Å². The first-order chi connectivity index (χ1) is 7.20. The quantitative estimate of drug-likeness (QED) is 0.513. The van der Waals surface area contributed by atoms with Crippen molar-refractivity contribution in [3.8, 4) is 0 Å². The Kier molecular flexibility index (Phi) is 4.88. The molecule has 1 aliphatic rings. The molecule has 0 aromatic heterocycles. The SMILES string of the molecule is C=C1C(SCCC=O)CC(=O)N1CCC. The van der Waals surface area contributed by atoms with Gasteiger partial charge in [-0.1, -0.05) is 13.5 Å². The van der Waals surface area contributed by atoms with E-state index in [1.54, 1.807) is 16.7 Å². The van der Waals surface area contributed by atoms with E-state index in [0.29, 0.717) is 12.8 Å². The van der Waals surface area contributed by atoms with E-state index in [2.05, 4.69) is 6.58 Å². The van der Waals surface area contributed by atoms with Crippen LogP contribution in [0.2, 0.25) is 0 Å². The molecule has 1 fully saturated rings. The lowest BCUT2D eigenvalue weighted by molar-refractivity contribution is -0.126. The molecule has 0 N–H and O–H groups in total. The van der Waals surface area contributed by atoms with Crippen molar-refractivity contribution >= 4 is 24.0 Å². The lowest BCUT2D eigenvalue weighted by Gasteiger charge is -2.18. The molecule has 15 heavy (non-hydrogen) atoms. The molecule has 1 aliphatic heterocycles. The van der Waals surface area contributed by atoms with Gasteiger partial charge in [0.25, 0.3) is 0 Å². The number of rotatable bonds is 6. The topological polar surface area (TPSA) is 37.4 Å². The maximum absolute atomic E-state index is 11.6. The predicted octanol–water partition coefficient (Wildman–Crippen LogP) is 1.83. The Morgan fingerprint density at radius 3 is 3.00 bits per heavy atom. The standard InChI is InChI=1S/C11H17NO2S/c1-3-5-12-9(2)10(8-11(12)14)15-7-4-6-13/h6,10H,2-5,7-8H2,1H3. The number of hydrogen-bond donors (Lipinski definition) is 0. The number of thioether (sulfide) groups is 1. The number of likely N-dealkylation sites (tertiary alicyclic amines) is 1. The highest BCUT2D eigenvalue weighted by atomic mass is 32.2. The summed E-state index contributed by atoms with van der Waals surface area (Å²) in [6.07, 6.45) is 2.96. The summed E-state index contributed by atoms with van der Waals surface area (Å²) in [5.41, 5.74) is 0.915. The molecule has 1 unspecified atom stereocenters. The fourth-order valence-corrected chi connectivity index (χ4v) is 2.72. The number of nitrogens with zero attached hydrogens (tertiary/aromatic N) is 1. The lowest BCUT2D eigenvalue weighted by atomic mass is 10.3. The van der Waals surface area contributed by atoms with Crippen molar-refractivity contribution in [2.24, 2.45) is 0 Å². The molecule has 0 aromatic carbocycles. The summed E-state index contributed by atoms with van der Waals surface area (Å²) < 4.78 is 0. The van der Waals surface area contributed by atoms with E-state index in [1.807, 2.05) is 6.92 Å². The second kappa shape index (κ2) is 5.95. The van der Waals surface area contributed by atoms with E-state index < -0.39 is 0 Å². The second-order valence-corrected chi connectivity index (χ2v) is 4.87. The van der Waals surface area contributed by atoms with Gasteiger partial charge in [-0.25, -0.2) is 0 Å². The molecule has 3 nitrogen and oxygen atoms in total. The number of hydrogen-bond acceptors (Lipinski definition) is 3. The zero-order valence-corrected chi connectivity index (χ0v) is 9.89. The summed E-state index contributed by atoms with van der Waals surface area (Å²) in [7, 11) is 0. The summed E-state index contributed by atoms with van der Waals surface area (Å²) in [5, 5.41) is 0.184. The summed E-state index contributed by atoms with van der Waals surface area (Å²) in [4.78, 5) is 23.6. The van der Waals surface area contributed by atoms with Crippen molar-refractivity contribution < 1.29 is 9.59 Å². The Bertz CT molecular complexity index is 265. The van der Waals surface area contributed by atoms with Gasteiger partial charge >= 0.3 is 0 Å². The number of carbonyl (C=O) groups is 2. The minimum Gasteiger partial charge on any atom is -0.316 e. The monoisotopic (exact) mass is 227 g/mol. The molecule has 1 heterocycles. The van der Waals surface area contributed by atoms with E-state index in [0.717, 1.165) is 30.7 Å². The van der Waals surface area contributed by atoms with Crippen LogP contribution in [0.4, 0.5) is 0 Å². The lowest BCUT2D eigenvalue weighted by Crippen LogP contribution is -2.24. The van der Waals surface area contributed by atoms with Crippen LogP contribution in [-0.2, 0) is 9.59 Å². The Labute approximate surface area is 94.9 Å². The van der Waals surface area contributed by atoms with Crippen molar-refractivity contribution in [1.29, 1.82) is 0 Å². The van der Waals surface area contributed by atoms with Crippen LogP contribution in [-0.4, -0.2) is 34.6 Å². The molecule has 0 aliphatic carbocycles. The van der Waals surface area contributed by atoms with Gasteiger partial charge < -0.3 is 9.69 Å². The van der Waals surface area contributed by atoms with Crippen LogP contribution in [0, 0.1) is 0 Å². The average Bonchev–Trinajstić information content (AvgIpc) is 2.47. The smallest absolute Gasteiger partial charge is 0.228 e. The Morgan fingerprint density at radius 2 is 2.40 bits per heavy atom. The fraction of sp³-hybridized carbons (Fsp3) is 0.636. The van der Waals surface area contributed by atoms with Gasteiger partial charge in [0, 0.05) is 30.8 Å². The molecular weight excluding hydrogens is 210 g/mol. The first-order valence-electron chi connectivity index (χ1n) is 5.25. The molecule has 0 spiro atoms. The Morgan fingerprint density at radius 1 is 1.67 bits per heavy atom. The van der Waals surface area contributed by atoms with Crippen LogP contribution in [0.3, 0.4) is 0 Å². The van der Waals surface area contributed by atoms with Crippen LogP contribution < -0.4 is 0 Å². The highest BCUT2D eigenvalue weighted by Gasteiger charge is 2.32. The molecule has 1 amide bonds. The predicted molar refractivity (Wildman–Crippen MR) is 62.7 cm³/mol. The van der Waals surface area contributed by atoms with Gasteiger partial charge in [-0.2, -0.15) is 11.8 Å². The summed E-state index contributed by atoms with van der Waals surface area (Å²) in [6, 6.07) is 0. The van der Waals surface area contributed by atoms with Gasteiger partial charge in [0.2, 0.25) is 5.91 Å². The first kappa shape index (κ1) is 12.3. The highest BCUT2D eigenvalue weighted by molar-refractivity contribution is 8.00. The maximum atomic E-state index is 11.6. The average molecular weight is 227 g/mol. The fourth-order valence-electron chi connectivity index (χ4n) is 1.63. The van der Waals surface area contributed by atoms with E-state index in [-0.39, 0.29) is 11.2 Å². The van der Waals surface area contributed by atoms with E-state index in [1.165, 1.54) is 0 Å². The molecule has 0 saturated carbocycles. The van der Waals surface area contributed by atoms with Gasteiger partial charge in [-0.15, -0.1) is 0 Å². The number of carbonyl (C=O) groups excluding carboxylic acids is 2. The zero-order chi connectivity index (χ0) is 11.3. The Hall–Kier alpha value is -0.770. The highest BCUT2D eigenvalue weighted by Crippen LogP contribution is 2.31. The molecule has 1 rings (SSSR count). The molecule has 0 aromatic rings. The zero-order valence-electron chi connectivity index (χ0n) is 9.07. The van der Waals surface area contributed by atoms with Gasteiger partial charge in [0.15, 0.2) is 0 Å². The molecule has 1 saturated heterocycles. The summed E-state index contributed by atoms with van der Waals surface area (Å²) in [6.45, 7) is 6.78. The first-order valence-corrected chi connectivity index (χ1v) is 6.30. The third kappa shape index (κ3) is 3.09. The van der Waals surface area contributed by atoms with Crippen LogP contribution in [0.25, 0.3) is 0 Å². The third-order valence-electron chi connectivity index (χ3n) is 2.38. The largest absolute Gasteiger partial charge is 0.316 e. The van der Waals surface area contributed by atoms with Crippen LogP contribution in [0.1, 0.15) is 26.2 Å². The van der Waals surface area contributed by atoms with Crippen molar-refractivity contribution in [3.63, 3.8) is 0 Å². The normalized spacial score (nSPS) is 21.1. The molecule has 84 valence electrons. The minimum absolute atomic E-state index is 0.172. The third-order valence-corrected chi connectivity index (χ3v) is 3.69. The van der Waals surface area contributed by atoms with E-state index >= 15 is 0 Å². The number of amides is 1. The van der Waals surface area contributed by atoms with Crippen molar-refractivity contribution in [2.75, 3.05) is 12.3 Å². The van der Waals surface area contributed by atoms with Gasteiger partial charge in [0.05, 0.1) is 5.25 Å². The Balaban J connectivity index is 2.45. The summed E-state index contributed by atoms with van der Waals surface area (Å²) in [5.74, 6) is 0.950. The molecule has 0 radical (unpaired) electrons. The van der Waals surface area contributed by atoms with Gasteiger partial charge in [0.1, 0.15) is 6.29 Å². The molecule has 1 atom stereocenters. The van der Waals surface area contributed by atoms with Crippen LogP contribution in [0.5, 0.6) is 0 Å². The minimum atomic E-state index is 0.172. The summed E-state index contributed by atoms with van der Waals surface area (Å²) >= 11 is 1.66. The van der Waals surface area contributed by atoms with Crippen LogP contribution in [0.15, 0.2) is 12.3 Å². The second-order valence-electron chi connectivity index (χ2n) is 3.56. The van der Waals surface area contributed by atoms with Crippen LogP contribution >= 0.6 is 11.8 Å². The number of aldehydes is 1. The molecular formula is C11H17NO2S. The van der Waals surface area contributed by atoms with Gasteiger partial charge in [-0.05, 0) is 6.42 Å². The van der Waals surface area contributed by atoms with Crippen molar-refractivity contribution in [3.05, 3.63) is 12.3 Å². The van der Waals surface area contributed by atoms with E-state index in [4.69, 9.17) is 0 Å². The molecule has 0 bridgehead atoms. The maximum Gasteiger partial charge on any atom is 0.228 e.